The summed E-state index contributed by atoms with van der Waals surface area (Å²) in [5.74, 6) is 1.89. The fourth-order valence-corrected chi connectivity index (χ4v) is 2.80. The largest absolute Gasteiger partial charge is 0.395 e. The van der Waals surface area contributed by atoms with Gasteiger partial charge in [-0.3, -0.25) is 4.98 Å². The first kappa shape index (κ1) is 20.4. The van der Waals surface area contributed by atoms with Crippen LogP contribution in [0.2, 0.25) is 0 Å². The molecule has 1 atom stereocenters. The molecule has 0 amide bonds. The third-order valence-electron chi connectivity index (χ3n) is 4.32. The normalized spacial score (nSPS) is 11.7. The molecule has 0 aliphatic rings. The minimum Gasteiger partial charge on any atom is -0.395 e. The lowest BCUT2D eigenvalue weighted by Crippen LogP contribution is -2.27. The molecule has 0 unspecified atom stereocenters. The van der Waals surface area contributed by atoms with E-state index in [1.165, 1.54) is 12.1 Å². The van der Waals surface area contributed by atoms with Gasteiger partial charge in [0, 0.05) is 31.5 Å². The van der Waals surface area contributed by atoms with Gasteiger partial charge in [-0.2, -0.15) is 9.97 Å². The molecule has 8 nitrogen and oxygen atoms in total. The van der Waals surface area contributed by atoms with Crippen molar-refractivity contribution in [1.82, 2.24) is 19.9 Å². The Bertz CT molecular complexity index is 908. The lowest BCUT2D eigenvalue weighted by atomic mass is 10.1. The molecule has 3 rings (SSSR count). The quantitative estimate of drug-likeness (QED) is 0.506. The molecule has 3 N–H and O–H groups in total. The number of hydrogen-bond acceptors (Lipinski definition) is 8. The second-order valence-corrected chi connectivity index (χ2v) is 6.37. The van der Waals surface area contributed by atoms with Crippen molar-refractivity contribution < 1.29 is 9.50 Å². The van der Waals surface area contributed by atoms with E-state index in [-0.39, 0.29) is 18.5 Å². The Morgan fingerprint density at radius 2 is 1.93 bits per heavy atom. The molecule has 0 aliphatic carbocycles. The first-order valence-electron chi connectivity index (χ1n) is 9.39. The number of halogens is 1. The number of anilines is 4. The second kappa shape index (κ2) is 9.74. The summed E-state index contributed by atoms with van der Waals surface area (Å²) in [7, 11) is 0. The van der Waals surface area contributed by atoms with Crippen LogP contribution in [0.25, 0.3) is 0 Å². The number of aromatic nitrogens is 4. The van der Waals surface area contributed by atoms with Crippen LogP contribution in [0.15, 0.2) is 48.9 Å². The Morgan fingerprint density at radius 3 is 2.59 bits per heavy atom. The van der Waals surface area contributed by atoms with Crippen molar-refractivity contribution in [3.05, 3.63) is 60.3 Å². The molecular formula is C20H24FN7O. The van der Waals surface area contributed by atoms with Gasteiger partial charge in [-0.25, -0.2) is 9.37 Å². The van der Waals surface area contributed by atoms with E-state index in [0.29, 0.717) is 36.5 Å². The lowest BCUT2D eigenvalue weighted by molar-refractivity contribution is 0.302. The molecule has 0 saturated carbocycles. The zero-order chi connectivity index (χ0) is 20.6. The first-order valence-corrected chi connectivity index (χ1v) is 9.39. The zero-order valence-electron chi connectivity index (χ0n) is 16.4. The number of rotatable bonds is 9. The van der Waals surface area contributed by atoms with Gasteiger partial charge < -0.3 is 20.6 Å². The second-order valence-electron chi connectivity index (χ2n) is 6.37. The minimum absolute atomic E-state index is 0.0134. The van der Waals surface area contributed by atoms with Crippen LogP contribution in [-0.4, -0.2) is 44.7 Å². The van der Waals surface area contributed by atoms with E-state index >= 15 is 0 Å². The van der Waals surface area contributed by atoms with Crippen molar-refractivity contribution in [3.8, 4) is 0 Å². The van der Waals surface area contributed by atoms with Crippen LogP contribution in [0, 0.1) is 5.82 Å². The van der Waals surface area contributed by atoms with Crippen LogP contribution in [0.3, 0.4) is 0 Å². The molecular weight excluding hydrogens is 373 g/mol. The highest BCUT2D eigenvalue weighted by molar-refractivity contribution is 5.59. The molecule has 3 aromatic rings. The van der Waals surface area contributed by atoms with Gasteiger partial charge in [0.25, 0.3) is 0 Å². The highest BCUT2D eigenvalue weighted by Crippen LogP contribution is 2.23. The summed E-state index contributed by atoms with van der Waals surface area (Å²) in [5.41, 5.74) is 0.909. The number of benzene rings is 1. The van der Waals surface area contributed by atoms with Gasteiger partial charge in [-0.15, -0.1) is 0 Å². The van der Waals surface area contributed by atoms with Crippen molar-refractivity contribution in [1.29, 1.82) is 0 Å². The van der Waals surface area contributed by atoms with Gasteiger partial charge >= 0.3 is 0 Å². The predicted octanol–water partition coefficient (Wildman–Crippen LogP) is 3.14. The standard InChI is InChI=1S/C20H24FN7O/c1-3-28(10-11-29)19-12-17(25-18-13-22-8-9-23-18)26-20(27-19)24-14(2)15-4-6-16(21)7-5-15/h4-9,12-14,29H,3,10-11H2,1-2H3,(H2,23,24,25,26,27)/t14-/m0/s1. The maximum Gasteiger partial charge on any atom is 0.227 e. The van der Waals surface area contributed by atoms with Crippen LogP contribution in [0.1, 0.15) is 25.5 Å². The summed E-state index contributed by atoms with van der Waals surface area (Å²) in [6.07, 6.45) is 4.78. The average Bonchev–Trinajstić information content (AvgIpc) is 2.73. The van der Waals surface area contributed by atoms with Gasteiger partial charge in [0.1, 0.15) is 23.3 Å². The van der Waals surface area contributed by atoms with Crippen LogP contribution in [-0.2, 0) is 0 Å². The highest BCUT2D eigenvalue weighted by atomic mass is 19.1. The number of hydrogen-bond donors (Lipinski definition) is 3. The molecule has 152 valence electrons. The Hall–Kier alpha value is -3.33. The Balaban J connectivity index is 1.89. The average molecular weight is 397 g/mol. The van der Waals surface area contributed by atoms with Gasteiger partial charge in [0.05, 0.1) is 18.8 Å². The van der Waals surface area contributed by atoms with Crippen molar-refractivity contribution in [2.75, 3.05) is 35.2 Å². The smallest absolute Gasteiger partial charge is 0.227 e. The number of aliphatic hydroxyl groups is 1. The number of likely N-dealkylation sites (N-methyl/N-ethyl adjacent to an activating group) is 1. The lowest BCUT2D eigenvalue weighted by Gasteiger charge is -2.23. The highest BCUT2D eigenvalue weighted by Gasteiger charge is 2.13. The number of nitrogens with zero attached hydrogens (tertiary/aromatic N) is 5. The van der Waals surface area contributed by atoms with Crippen LogP contribution in [0.4, 0.5) is 27.8 Å². The molecule has 9 heteroatoms. The SMILES string of the molecule is CCN(CCO)c1cc(Nc2cnccn2)nc(N[C@@H](C)c2ccc(F)cc2)n1. The molecule has 2 heterocycles. The van der Waals surface area contributed by atoms with Crippen LogP contribution < -0.4 is 15.5 Å². The van der Waals surface area contributed by atoms with Gasteiger partial charge in [-0.1, -0.05) is 12.1 Å². The summed E-state index contributed by atoms with van der Waals surface area (Å²) in [5, 5.41) is 15.7. The third kappa shape index (κ3) is 5.58. The van der Waals surface area contributed by atoms with Crippen LogP contribution in [0.5, 0.6) is 0 Å². The summed E-state index contributed by atoms with van der Waals surface area (Å²) >= 11 is 0. The fourth-order valence-electron chi connectivity index (χ4n) is 2.80. The van der Waals surface area contributed by atoms with E-state index in [9.17, 15) is 9.50 Å². The predicted molar refractivity (Wildman–Crippen MR) is 111 cm³/mol. The van der Waals surface area contributed by atoms with Gasteiger partial charge in [0.15, 0.2) is 0 Å². The molecule has 0 aliphatic heterocycles. The Kier molecular flexibility index (Phi) is 6.85. The van der Waals surface area contributed by atoms with E-state index in [1.807, 2.05) is 18.7 Å². The summed E-state index contributed by atoms with van der Waals surface area (Å²) in [6, 6.07) is 7.95. The van der Waals surface area contributed by atoms with E-state index in [0.717, 1.165) is 5.56 Å². The molecule has 2 aromatic heterocycles. The van der Waals surface area contributed by atoms with E-state index in [4.69, 9.17) is 0 Å². The van der Waals surface area contributed by atoms with E-state index < -0.39 is 0 Å². The summed E-state index contributed by atoms with van der Waals surface area (Å²) in [4.78, 5) is 19.3. The molecule has 0 spiro atoms. The molecule has 0 radical (unpaired) electrons. The summed E-state index contributed by atoms with van der Waals surface area (Å²) in [6.45, 7) is 5.08. The van der Waals surface area contributed by atoms with Crippen molar-refractivity contribution in [3.63, 3.8) is 0 Å². The molecule has 29 heavy (non-hydrogen) atoms. The third-order valence-corrected chi connectivity index (χ3v) is 4.32. The van der Waals surface area contributed by atoms with E-state index in [1.54, 1.807) is 36.8 Å². The topological polar surface area (TPSA) is 99.1 Å². The minimum atomic E-state index is -0.280. The maximum atomic E-state index is 13.2. The van der Waals surface area contributed by atoms with Crippen molar-refractivity contribution in [2.45, 2.75) is 19.9 Å². The van der Waals surface area contributed by atoms with Gasteiger partial charge in [-0.05, 0) is 31.5 Å². The fraction of sp³-hybridized carbons (Fsp3) is 0.300. The van der Waals surface area contributed by atoms with Gasteiger partial charge in [0.2, 0.25) is 5.95 Å². The maximum absolute atomic E-state index is 13.2. The van der Waals surface area contributed by atoms with Crippen molar-refractivity contribution in [2.24, 2.45) is 0 Å². The summed E-state index contributed by atoms with van der Waals surface area (Å²) < 4.78 is 13.2. The monoisotopic (exact) mass is 397 g/mol. The Morgan fingerprint density at radius 1 is 1.14 bits per heavy atom. The Labute approximate surface area is 168 Å². The molecule has 0 saturated heterocycles. The molecule has 1 aromatic carbocycles. The molecule has 0 fully saturated rings. The van der Waals surface area contributed by atoms with Crippen LogP contribution >= 0.6 is 0 Å². The zero-order valence-corrected chi connectivity index (χ0v) is 16.4. The first-order chi connectivity index (χ1) is 14.1. The number of aliphatic hydroxyl groups excluding tert-OH is 1. The van der Waals surface area contributed by atoms with E-state index in [2.05, 4.69) is 30.6 Å². The molecule has 0 bridgehead atoms. The van der Waals surface area contributed by atoms with Crippen molar-refractivity contribution >= 4 is 23.4 Å². The number of nitrogens with one attached hydrogen (secondary N) is 2.